The lowest BCUT2D eigenvalue weighted by atomic mass is 10.1. The zero-order valence-electron chi connectivity index (χ0n) is 7.91. The molecule has 0 saturated carbocycles. The molecule has 0 amide bonds. The summed E-state index contributed by atoms with van der Waals surface area (Å²) in [6.45, 7) is 2.85. The van der Waals surface area contributed by atoms with Crippen LogP contribution in [0.5, 0.6) is 0 Å². The van der Waals surface area contributed by atoms with Crippen molar-refractivity contribution in [3.63, 3.8) is 0 Å². The van der Waals surface area contributed by atoms with E-state index in [4.69, 9.17) is 4.74 Å². The molecule has 3 nitrogen and oxygen atoms in total. The van der Waals surface area contributed by atoms with Gasteiger partial charge in [0.1, 0.15) is 6.61 Å². The van der Waals surface area contributed by atoms with Gasteiger partial charge >= 0.3 is 0 Å². The zero-order chi connectivity index (χ0) is 9.97. The van der Waals surface area contributed by atoms with Gasteiger partial charge in [0.15, 0.2) is 0 Å². The highest BCUT2D eigenvalue weighted by Crippen LogP contribution is 2.19. The fraction of sp³-hybridized carbons (Fsp3) is 0.182. The molecule has 0 spiro atoms. The fourth-order valence-corrected chi connectivity index (χ4v) is 1.53. The first kappa shape index (κ1) is 8.81. The van der Waals surface area contributed by atoms with Crippen molar-refractivity contribution in [3.8, 4) is 0 Å². The zero-order valence-corrected chi connectivity index (χ0v) is 7.91. The molecule has 1 N–H and O–H groups in total. The van der Waals surface area contributed by atoms with Gasteiger partial charge in [-0.05, 0) is 30.2 Å². The molecule has 0 fully saturated rings. The molecule has 0 bridgehead atoms. The largest absolute Gasteiger partial charge is 0.463 e. The third-order valence-corrected chi connectivity index (χ3v) is 2.27. The number of fused-ring (bicyclic) bond motifs is 1. The Morgan fingerprint density at radius 1 is 1.50 bits per heavy atom. The van der Waals surface area contributed by atoms with Crippen LogP contribution in [0.1, 0.15) is 11.1 Å². The van der Waals surface area contributed by atoms with Gasteiger partial charge in [-0.25, -0.2) is 0 Å². The molecule has 0 unspecified atom stereocenters. The minimum atomic E-state index is 0.337. The molecule has 3 heteroatoms. The topological polar surface area (TPSA) is 42.1 Å². The van der Waals surface area contributed by atoms with Gasteiger partial charge in [-0.15, -0.1) is 0 Å². The Bertz CT molecular complexity index is 459. The number of carbonyl (C=O) groups excluding carboxylic acids is 1. The van der Waals surface area contributed by atoms with E-state index in [0.717, 1.165) is 11.1 Å². The highest BCUT2D eigenvalue weighted by atomic mass is 16.5. The van der Waals surface area contributed by atoms with E-state index in [1.165, 1.54) is 10.9 Å². The molecule has 0 atom stereocenters. The maximum atomic E-state index is 10.0. The van der Waals surface area contributed by atoms with Crippen LogP contribution in [-0.2, 0) is 16.1 Å². The van der Waals surface area contributed by atoms with Crippen LogP contribution in [0.15, 0.2) is 24.4 Å². The second kappa shape index (κ2) is 3.54. The van der Waals surface area contributed by atoms with Gasteiger partial charge in [0.05, 0.1) is 0 Å². The van der Waals surface area contributed by atoms with Crippen molar-refractivity contribution < 1.29 is 9.53 Å². The van der Waals surface area contributed by atoms with Gasteiger partial charge in [-0.3, -0.25) is 4.79 Å². The van der Waals surface area contributed by atoms with Crippen LogP contribution < -0.4 is 0 Å². The number of ether oxygens (including phenoxy) is 1. The van der Waals surface area contributed by atoms with Gasteiger partial charge in [0, 0.05) is 17.1 Å². The summed E-state index contributed by atoms with van der Waals surface area (Å²) in [4.78, 5) is 13.2. The number of aromatic amines is 1. The molecule has 0 radical (unpaired) electrons. The Kier molecular flexibility index (Phi) is 2.23. The van der Waals surface area contributed by atoms with Crippen LogP contribution in [-0.4, -0.2) is 11.5 Å². The van der Waals surface area contributed by atoms with Crippen LogP contribution in [0.25, 0.3) is 10.9 Å². The molecule has 0 aliphatic rings. The number of aromatic nitrogens is 1. The Balaban J connectivity index is 2.39. The summed E-state index contributed by atoms with van der Waals surface area (Å²) in [6.07, 6.45) is 1.97. The number of hydrogen-bond acceptors (Lipinski definition) is 2. The van der Waals surface area contributed by atoms with E-state index >= 15 is 0 Å². The summed E-state index contributed by atoms with van der Waals surface area (Å²) >= 11 is 0. The first-order valence-electron chi connectivity index (χ1n) is 4.43. The van der Waals surface area contributed by atoms with Crippen LogP contribution in [0.2, 0.25) is 0 Å². The minimum Gasteiger partial charge on any atom is -0.463 e. The second-order valence-electron chi connectivity index (χ2n) is 3.26. The fourth-order valence-electron chi connectivity index (χ4n) is 1.53. The van der Waals surface area contributed by atoms with Gasteiger partial charge in [0.25, 0.3) is 6.47 Å². The monoisotopic (exact) mass is 189 g/mol. The van der Waals surface area contributed by atoms with Crippen molar-refractivity contribution >= 4 is 17.4 Å². The summed E-state index contributed by atoms with van der Waals surface area (Å²) in [5.41, 5.74) is 3.32. The number of hydrogen-bond donors (Lipinski definition) is 1. The third-order valence-electron chi connectivity index (χ3n) is 2.27. The molecular weight excluding hydrogens is 178 g/mol. The molecule has 0 aliphatic heterocycles. The van der Waals surface area contributed by atoms with E-state index in [1.54, 1.807) is 0 Å². The Morgan fingerprint density at radius 3 is 3.14 bits per heavy atom. The molecule has 72 valence electrons. The van der Waals surface area contributed by atoms with E-state index < -0.39 is 0 Å². The van der Waals surface area contributed by atoms with E-state index in [9.17, 15) is 4.79 Å². The molecule has 2 aromatic rings. The average molecular weight is 189 g/mol. The van der Waals surface area contributed by atoms with E-state index in [-0.39, 0.29) is 0 Å². The van der Waals surface area contributed by atoms with Gasteiger partial charge in [0.2, 0.25) is 0 Å². The summed E-state index contributed by atoms with van der Waals surface area (Å²) in [7, 11) is 0. The van der Waals surface area contributed by atoms with E-state index in [2.05, 4.69) is 4.98 Å². The van der Waals surface area contributed by atoms with Gasteiger partial charge < -0.3 is 9.72 Å². The SMILES string of the molecule is Cc1c[nH]c2ccc(COC=O)cc12. The number of benzene rings is 1. The summed E-state index contributed by atoms with van der Waals surface area (Å²) in [6, 6.07) is 5.97. The molecule has 1 aromatic carbocycles. The van der Waals surface area contributed by atoms with Crippen molar-refractivity contribution in [1.82, 2.24) is 4.98 Å². The van der Waals surface area contributed by atoms with Crippen LogP contribution in [0, 0.1) is 6.92 Å². The molecule has 1 aromatic heterocycles. The number of carbonyl (C=O) groups is 1. The quantitative estimate of drug-likeness (QED) is 0.751. The molecular formula is C11H11NO2. The van der Waals surface area contributed by atoms with Gasteiger partial charge in [-0.2, -0.15) is 0 Å². The predicted octanol–water partition coefficient (Wildman–Crippen LogP) is 2.15. The minimum absolute atomic E-state index is 0.337. The van der Waals surface area contributed by atoms with Crippen molar-refractivity contribution in [2.24, 2.45) is 0 Å². The van der Waals surface area contributed by atoms with Crippen LogP contribution in [0.4, 0.5) is 0 Å². The molecule has 0 saturated heterocycles. The van der Waals surface area contributed by atoms with E-state index in [0.29, 0.717) is 13.1 Å². The van der Waals surface area contributed by atoms with Crippen molar-refractivity contribution in [1.29, 1.82) is 0 Å². The van der Waals surface area contributed by atoms with E-state index in [1.807, 2.05) is 31.3 Å². The maximum Gasteiger partial charge on any atom is 0.293 e. The third kappa shape index (κ3) is 1.48. The molecule has 2 rings (SSSR count). The van der Waals surface area contributed by atoms with Gasteiger partial charge in [-0.1, -0.05) is 6.07 Å². The molecule has 14 heavy (non-hydrogen) atoms. The Labute approximate surface area is 81.7 Å². The smallest absolute Gasteiger partial charge is 0.293 e. The number of rotatable bonds is 3. The lowest BCUT2D eigenvalue weighted by Gasteiger charge is -1.99. The normalized spacial score (nSPS) is 10.4. The summed E-state index contributed by atoms with van der Waals surface area (Å²) < 4.78 is 4.69. The second-order valence-corrected chi connectivity index (χ2v) is 3.26. The number of aryl methyl sites for hydroxylation is 1. The van der Waals surface area contributed by atoms with Crippen LogP contribution in [0.3, 0.4) is 0 Å². The highest BCUT2D eigenvalue weighted by molar-refractivity contribution is 5.83. The first-order chi connectivity index (χ1) is 6.81. The standard InChI is InChI=1S/C11H11NO2/c1-8-5-12-11-3-2-9(4-10(8)11)6-14-7-13/h2-5,7,12H,6H2,1H3. The number of nitrogens with one attached hydrogen (secondary N) is 1. The lowest BCUT2D eigenvalue weighted by molar-refractivity contribution is -0.129. The Hall–Kier alpha value is -1.77. The maximum absolute atomic E-state index is 10.0. The average Bonchev–Trinajstić information content (AvgIpc) is 2.57. The summed E-state index contributed by atoms with van der Waals surface area (Å²) in [5, 5.41) is 1.18. The van der Waals surface area contributed by atoms with Crippen molar-refractivity contribution in [3.05, 3.63) is 35.5 Å². The predicted molar refractivity (Wildman–Crippen MR) is 53.9 cm³/mol. The molecule has 1 heterocycles. The first-order valence-corrected chi connectivity index (χ1v) is 4.43. The van der Waals surface area contributed by atoms with Crippen molar-refractivity contribution in [2.75, 3.05) is 0 Å². The lowest BCUT2D eigenvalue weighted by Crippen LogP contribution is -1.89. The van der Waals surface area contributed by atoms with Crippen molar-refractivity contribution in [2.45, 2.75) is 13.5 Å². The molecule has 0 aliphatic carbocycles. The number of H-pyrrole nitrogens is 1. The summed E-state index contributed by atoms with van der Waals surface area (Å²) in [5.74, 6) is 0. The van der Waals surface area contributed by atoms with Crippen LogP contribution >= 0.6 is 0 Å². The highest BCUT2D eigenvalue weighted by Gasteiger charge is 2.00. The Morgan fingerprint density at radius 2 is 2.36 bits per heavy atom.